The molecule has 1 N–H and O–H groups in total. The molecular formula is C11H14N2S. The first kappa shape index (κ1) is 9.74. The molecule has 0 fully saturated rings. The van der Waals surface area contributed by atoms with E-state index in [-0.39, 0.29) is 0 Å². The summed E-state index contributed by atoms with van der Waals surface area (Å²) in [5.74, 6) is 0.965. The largest absolute Gasteiger partial charge is 0.286 e. The molecule has 1 atom stereocenters. The predicted octanol–water partition coefficient (Wildman–Crippen LogP) is 2.46. The molecule has 14 heavy (non-hydrogen) atoms. The highest BCUT2D eigenvalue weighted by Crippen LogP contribution is 2.18. The van der Waals surface area contributed by atoms with Crippen molar-refractivity contribution in [1.29, 1.82) is 0 Å². The zero-order valence-electron chi connectivity index (χ0n) is 8.23. The summed E-state index contributed by atoms with van der Waals surface area (Å²) >= 11 is 1.77. The normalized spacial score (nSPS) is 21.8. The van der Waals surface area contributed by atoms with Crippen LogP contribution in [0.4, 0.5) is 0 Å². The van der Waals surface area contributed by atoms with E-state index in [9.17, 15) is 0 Å². The van der Waals surface area contributed by atoms with Gasteiger partial charge in [-0.25, -0.2) is 0 Å². The van der Waals surface area contributed by atoms with Gasteiger partial charge in [-0.05, 0) is 6.42 Å². The van der Waals surface area contributed by atoms with Gasteiger partial charge in [0.05, 0.1) is 0 Å². The maximum Gasteiger partial charge on any atom is 0.101 e. The van der Waals surface area contributed by atoms with Crippen molar-refractivity contribution >= 4 is 16.8 Å². The average molecular weight is 206 g/mol. The summed E-state index contributed by atoms with van der Waals surface area (Å²) < 4.78 is 0. The van der Waals surface area contributed by atoms with Crippen LogP contribution in [0, 0.1) is 0 Å². The van der Waals surface area contributed by atoms with Gasteiger partial charge in [0.15, 0.2) is 0 Å². The summed E-state index contributed by atoms with van der Waals surface area (Å²) in [5.41, 5.74) is 1.23. The number of benzene rings is 1. The fourth-order valence-electron chi connectivity index (χ4n) is 1.40. The van der Waals surface area contributed by atoms with Gasteiger partial charge in [0.1, 0.15) is 11.2 Å². The summed E-state index contributed by atoms with van der Waals surface area (Å²) in [7, 11) is 0. The maximum atomic E-state index is 4.64. The van der Waals surface area contributed by atoms with Crippen molar-refractivity contribution in [3.8, 4) is 0 Å². The van der Waals surface area contributed by atoms with E-state index in [0.29, 0.717) is 6.17 Å². The minimum absolute atomic E-state index is 0.298. The lowest BCUT2D eigenvalue weighted by Crippen LogP contribution is -2.31. The van der Waals surface area contributed by atoms with Crippen LogP contribution in [0.25, 0.3) is 0 Å². The fourth-order valence-corrected chi connectivity index (χ4v) is 2.32. The minimum atomic E-state index is 0.298. The third kappa shape index (κ3) is 2.16. The van der Waals surface area contributed by atoms with Crippen molar-refractivity contribution in [3.05, 3.63) is 35.9 Å². The van der Waals surface area contributed by atoms with Gasteiger partial charge in [0, 0.05) is 11.4 Å². The molecular weight excluding hydrogens is 192 g/mol. The van der Waals surface area contributed by atoms with Crippen LogP contribution in [-0.2, 0) is 0 Å². The summed E-state index contributed by atoms with van der Waals surface area (Å²) in [5, 5.41) is 4.51. The molecule has 0 unspecified atom stereocenters. The first-order valence-corrected chi connectivity index (χ1v) is 5.88. The molecule has 1 aliphatic heterocycles. The molecule has 0 radical (unpaired) electrons. The molecule has 1 aromatic carbocycles. The second-order valence-electron chi connectivity index (χ2n) is 3.22. The molecule has 3 heteroatoms. The molecule has 0 saturated carbocycles. The van der Waals surface area contributed by atoms with Crippen LogP contribution < -0.4 is 5.32 Å². The molecule has 74 valence electrons. The number of nitrogens with one attached hydrogen (secondary N) is 1. The molecule has 1 aliphatic rings. The second-order valence-corrected chi connectivity index (χ2v) is 4.18. The number of aliphatic imine (C=N–C) groups is 1. The molecule has 2 rings (SSSR count). The number of hydrogen-bond acceptors (Lipinski definition) is 3. The summed E-state index contributed by atoms with van der Waals surface area (Å²) in [6, 6.07) is 10.4. The van der Waals surface area contributed by atoms with Gasteiger partial charge in [0.2, 0.25) is 0 Å². The molecule has 1 heterocycles. The first-order chi connectivity index (χ1) is 6.90. The average Bonchev–Trinajstić information content (AvgIpc) is 2.30. The van der Waals surface area contributed by atoms with Gasteiger partial charge in [0.25, 0.3) is 0 Å². The number of rotatable bonds is 2. The highest BCUT2D eigenvalue weighted by Gasteiger charge is 2.13. The molecule has 2 nitrogen and oxygen atoms in total. The van der Waals surface area contributed by atoms with Crippen molar-refractivity contribution < 1.29 is 0 Å². The summed E-state index contributed by atoms with van der Waals surface area (Å²) in [6.07, 6.45) is 1.35. The van der Waals surface area contributed by atoms with Gasteiger partial charge in [-0.1, -0.05) is 49.0 Å². The zero-order chi connectivity index (χ0) is 9.80. The summed E-state index contributed by atoms with van der Waals surface area (Å²) in [6.45, 7) is 2.15. The van der Waals surface area contributed by atoms with E-state index in [2.05, 4.69) is 41.5 Å². The van der Waals surface area contributed by atoms with Crippen molar-refractivity contribution in [1.82, 2.24) is 5.32 Å². The van der Waals surface area contributed by atoms with E-state index >= 15 is 0 Å². The van der Waals surface area contributed by atoms with E-state index < -0.39 is 0 Å². The van der Waals surface area contributed by atoms with Crippen LogP contribution in [0.1, 0.15) is 18.9 Å². The van der Waals surface area contributed by atoms with Crippen molar-refractivity contribution in [2.24, 2.45) is 4.99 Å². The molecule has 0 aliphatic carbocycles. The Hall–Kier alpha value is -0.800. The second kappa shape index (κ2) is 4.62. The Bertz CT molecular complexity index is 321. The van der Waals surface area contributed by atoms with E-state index in [0.717, 1.165) is 17.3 Å². The van der Waals surface area contributed by atoms with Gasteiger partial charge >= 0.3 is 0 Å². The molecule has 0 aromatic heterocycles. The predicted molar refractivity (Wildman–Crippen MR) is 62.7 cm³/mol. The van der Waals surface area contributed by atoms with Gasteiger partial charge in [-0.2, -0.15) is 0 Å². The van der Waals surface area contributed by atoms with Crippen molar-refractivity contribution in [2.45, 2.75) is 19.5 Å². The lowest BCUT2D eigenvalue weighted by atomic mass is 10.2. The lowest BCUT2D eigenvalue weighted by Gasteiger charge is -2.20. The quantitative estimate of drug-likeness (QED) is 0.804. The number of nitrogens with zero attached hydrogens (tertiary/aromatic N) is 1. The molecule has 1 aromatic rings. The van der Waals surface area contributed by atoms with Crippen LogP contribution in [-0.4, -0.2) is 17.1 Å². The summed E-state index contributed by atoms with van der Waals surface area (Å²) in [4.78, 5) is 4.64. The molecule has 0 amide bonds. The van der Waals surface area contributed by atoms with Crippen LogP contribution in [0.2, 0.25) is 0 Å². The van der Waals surface area contributed by atoms with E-state index in [1.54, 1.807) is 11.8 Å². The molecule has 0 bridgehead atoms. The van der Waals surface area contributed by atoms with Crippen LogP contribution >= 0.6 is 11.8 Å². The van der Waals surface area contributed by atoms with Gasteiger partial charge in [-0.3, -0.25) is 10.3 Å². The Morgan fingerprint density at radius 1 is 1.43 bits per heavy atom. The Balaban J connectivity index is 2.22. The van der Waals surface area contributed by atoms with Crippen molar-refractivity contribution in [2.75, 3.05) is 5.88 Å². The highest BCUT2D eigenvalue weighted by atomic mass is 32.2. The van der Waals surface area contributed by atoms with E-state index in [1.165, 1.54) is 5.56 Å². The van der Waals surface area contributed by atoms with Crippen LogP contribution in [0.3, 0.4) is 0 Å². The van der Waals surface area contributed by atoms with Crippen LogP contribution in [0.15, 0.2) is 35.3 Å². The SMILES string of the molecule is CC[C@H]1N=C(c2ccccc2)SCN1. The third-order valence-corrected chi connectivity index (χ3v) is 3.13. The van der Waals surface area contributed by atoms with E-state index in [1.807, 2.05) is 6.07 Å². The maximum absolute atomic E-state index is 4.64. The minimum Gasteiger partial charge on any atom is -0.286 e. The fraction of sp³-hybridized carbons (Fsp3) is 0.364. The monoisotopic (exact) mass is 206 g/mol. The Labute approximate surface area is 88.8 Å². The molecule has 0 spiro atoms. The third-order valence-electron chi connectivity index (χ3n) is 2.21. The van der Waals surface area contributed by atoms with Crippen molar-refractivity contribution in [3.63, 3.8) is 0 Å². The van der Waals surface area contributed by atoms with Crippen LogP contribution in [0.5, 0.6) is 0 Å². The topological polar surface area (TPSA) is 24.4 Å². The zero-order valence-corrected chi connectivity index (χ0v) is 9.05. The Morgan fingerprint density at radius 2 is 2.21 bits per heavy atom. The van der Waals surface area contributed by atoms with Gasteiger partial charge in [-0.15, -0.1) is 0 Å². The lowest BCUT2D eigenvalue weighted by molar-refractivity contribution is 0.559. The smallest absolute Gasteiger partial charge is 0.101 e. The first-order valence-electron chi connectivity index (χ1n) is 4.89. The standard InChI is InChI=1S/C11H14N2S/c1-2-10-12-8-14-11(13-10)9-6-4-3-5-7-9/h3-7,10,12H,2,8H2,1H3/t10-/m1/s1. The highest BCUT2D eigenvalue weighted by molar-refractivity contribution is 8.14. The van der Waals surface area contributed by atoms with E-state index in [4.69, 9.17) is 0 Å². The number of hydrogen-bond donors (Lipinski definition) is 1. The van der Waals surface area contributed by atoms with Gasteiger partial charge < -0.3 is 0 Å². The number of thioether (sulfide) groups is 1. The molecule has 0 saturated heterocycles. The Kier molecular flexibility index (Phi) is 3.22. The Morgan fingerprint density at radius 3 is 2.93 bits per heavy atom.